The number of carbonyl (C=O) groups is 2. The largest absolute Gasteiger partial charge is 0.351 e. The molecule has 0 aliphatic carbocycles. The maximum absolute atomic E-state index is 11.5. The molecule has 24 heavy (non-hydrogen) atoms. The van der Waals surface area contributed by atoms with Gasteiger partial charge in [-0.2, -0.15) is 0 Å². The predicted molar refractivity (Wildman–Crippen MR) is 96.9 cm³/mol. The molecule has 7 heteroatoms. The van der Waals surface area contributed by atoms with Crippen molar-refractivity contribution in [2.75, 3.05) is 5.75 Å². The average molecular weight is 348 g/mol. The minimum atomic E-state index is -0.812. The quantitative estimate of drug-likeness (QED) is 0.537. The molecule has 6 nitrogen and oxygen atoms in total. The summed E-state index contributed by atoms with van der Waals surface area (Å²) in [5.41, 5.74) is 7.03. The van der Waals surface area contributed by atoms with Crippen LogP contribution in [0.15, 0.2) is 29.4 Å². The zero-order chi connectivity index (χ0) is 17.4. The van der Waals surface area contributed by atoms with Gasteiger partial charge in [-0.25, -0.2) is 9.78 Å². The van der Waals surface area contributed by atoms with Gasteiger partial charge < -0.3 is 10.3 Å². The lowest BCUT2D eigenvalue weighted by Crippen LogP contribution is -2.35. The first-order chi connectivity index (χ1) is 11.6. The van der Waals surface area contributed by atoms with Crippen LogP contribution in [0.1, 0.15) is 39.0 Å². The molecule has 0 unspecified atom stereocenters. The molecule has 2 rings (SSSR count). The number of urea groups is 1. The van der Waals surface area contributed by atoms with E-state index in [-0.39, 0.29) is 12.3 Å². The lowest BCUT2D eigenvalue weighted by molar-refractivity contribution is -0.119. The number of nitrogens with two attached hydrogens (primary N) is 1. The Morgan fingerprint density at radius 3 is 2.79 bits per heavy atom. The van der Waals surface area contributed by atoms with Gasteiger partial charge in [0.15, 0.2) is 5.16 Å². The van der Waals surface area contributed by atoms with Crippen molar-refractivity contribution in [1.82, 2.24) is 14.9 Å². The minimum Gasteiger partial charge on any atom is -0.351 e. The van der Waals surface area contributed by atoms with Crippen molar-refractivity contribution >= 4 is 34.7 Å². The summed E-state index contributed by atoms with van der Waals surface area (Å²) < 4.78 is 2.22. The van der Waals surface area contributed by atoms with E-state index in [1.807, 2.05) is 18.2 Å². The van der Waals surface area contributed by atoms with E-state index < -0.39 is 6.03 Å². The van der Waals surface area contributed by atoms with Crippen LogP contribution in [0.2, 0.25) is 0 Å². The maximum Gasteiger partial charge on any atom is 0.318 e. The Balaban J connectivity index is 2.02. The summed E-state index contributed by atoms with van der Waals surface area (Å²) >= 11 is 1.53. The standard InChI is InChI=1S/C17H24N4O2S/c1-2-3-4-7-11-21-14-9-6-5-8-13(14)19-17(21)24-12-10-15(22)20-16(18)23/h5-6,8-9H,2-4,7,10-12H2,1H3,(H3,18,20,22,23). The topological polar surface area (TPSA) is 90.0 Å². The first kappa shape index (κ1) is 18.3. The Morgan fingerprint density at radius 2 is 2.04 bits per heavy atom. The number of fused-ring (bicyclic) bond motifs is 1. The first-order valence-electron chi connectivity index (χ1n) is 8.29. The molecular weight excluding hydrogens is 324 g/mol. The molecule has 0 aliphatic rings. The summed E-state index contributed by atoms with van der Waals surface area (Å²) in [5.74, 6) is 0.192. The number of nitrogens with zero attached hydrogens (tertiary/aromatic N) is 2. The third-order valence-corrected chi connectivity index (χ3v) is 4.66. The van der Waals surface area contributed by atoms with Crippen LogP contribution in [0.25, 0.3) is 11.0 Å². The Bertz CT molecular complexity index is 699. The second-order valence-corrected chi connectivity index (χ2v) is 6.67. The van der Waals surface area contributed by atoms with Gasteiger partial charge in [-0.05, 0) is 18.6 Å². The van der Waals surface area contributed by atoms with E-state index in [1.54, 1.807) is 0 Å². The Kier molecular flexibility index (Phi) is 7.11. The van der Waals surface area contributed by atoms with Crippen molar-refractivity contribution in [3.8, 4) is 0 Å². The van der Waals surface area contributed by atoms with Gasteiger partial charge in [0.1, 0.15) is 0 Å². The number of aryl methyl sites for hydroxylation is 1. The smallest absolute Gasteiger partial charge is 0.318 e. The van der Waals surface area contributed by atoms with E-state index in [4.69, 9.17) is 5.73 Å². The molecule has 0 bridgehead atoms. The SMILES string of the molecule is CCCCCCn1c(SCCC(=O)NC(N)=O)nc2ccccc21. The van der Waals surface area contributed by atoms with Gasteiger partial charge in [-0.15, -0.1) is 0 Å². The van der Waals surface area contributed by atoms with E-state index in [9.17, 15) is 9.59 Å². The number of aromatic nitrogens is 2. The fourth-order valence-corrected chi connectivity index (χ4v) is 3.49. The number of para-hydroxylation sites is 2. The van der Waals surface area contributed by atoms with Crippen LogP contribution in [0, 0.1) is 0 Å². The first-order valence-corrected chi connectivity index (χ1v) is 9.27. The number of thioether (sulfide) groups is 1. The van der Waals surface area contributed by atoms with Crippen molar-refractivity contribution in [1.29, 1.82) is 0 Å². The monoisotopic (exact) mass is 348 g/mol. The molecule has 0 fully saturated rings. The van der Waals surface area contributed by atoms with Crippen molar-refractivity contribution in [3.05, 3.63) is 24.3 Å². The summed E-state index contributed by atoms with van der Waals surface area (Å²) in [6.45, 7) is 3.13. The number of hydrogen-bond acceptors (Lipinski definition) is 4. The minimum absolute atomic E-state index is 0.229. The Morgan fingerprint density at radius 1 is 1.25 bits per heavy atom. The van der Waals surface area contributed by atoms with Crippen LogP contribution in [0.5, 0.6) is 0 Å². The summed E-state index contributed by atoms with van der Waals surface area (Å²) in [4.78, 5) is 26.8. The second-order valence-electron chi connectivity index (χ2n) is 5.61. The van der Waals surface area contributed by atoms with Crippen LogP contribution in [0.4, 0.5) is 4.79 Å². The van der Waals surface area contributed by atoms with Crippen LogP contribution in [-0.2, 0) is 11.3 Å². The molecule has 3 amide bonds. The van der Waals surface area contributed by atoms with Gasteiger partial charge in [0, 0.05) is 18.7 Å². The van der Waals surface area contributed by atoms with Gasteiger partial charge in [-0.1, -0.05) is 50.1 Å². The number of unbranched alkanes of at least 4 members (excludes halogenated alkanes) is 3. The number of carbonyl (C=O) groups excluding carboxylic acids is 2. The summed E-state index contributed by atoms with van der Waals surface area (Å²) in [6.07, 6.45) is 4.99. The van der Waals surface area contributed by atoms with Crippen molar-refractivity contribution in [2.45, 2.75) is 50.7 Å². The number of imide groups is 1. The summed E-state index contributed by atoms with van der Waals surface area (Å²) in [5, 5.41) is 2.99. The molecule has 0 spiro atoms. The zero-order valence-corrected chi connectivity index (χ0v) is 14.8. The molecule has 0 aliphatic heterocycles. The molecule has 1 aromatic heterocycles. The zero-order valence-electron chi connectivity index (χ0n) is 14.0. The molecule has 0 saturated heterocycles. The van der Waals surface area contributed by atoms with Crippen LogP contribution >= 0.6 is 11.8 Å². The number of nitrogens with one attached hydrogen (secondary N) is 1. The highest BCUT2D eigenvalue weighted by atomic mass is 32.2. The fraction of sp³-hybridized carbons (Fsp3) is 0.471. The average Bonchev–Trinajstić information content (AvgIpc) is 2.88. The third kappa shape index (κ3) is 5.26. The van der Waals surface area contributed by atoms with Crippen LogP contribution in [0.3, 0.4) is 0 Å². The molecule has 0 saturated carbocycles. The van der Waals surface area contributed by atoms with E-state index in [2.05, 4.69) is 27.9 Å². The molecule has 0 radical (unpaired) electrons. The molecule has 130 valence electrons. The normalized spacial score (nSPS) is 10.9. The van der Waals surface area contributed by atoms with Crippen molar-refractivity contribution in [3.63, 3.8) is 0 Å². The van der Waals surface area contributed by atoms with Crippen LogP contribution in [-0.4, -0.2) is 27.2 Å². The lowest BCUT2D eigenvalue weighted by Gasteiger charge is -2.08. The van der Waals surface area contributed by atoms with Gasteiger partial charge in [0.05, 0.1) is 11.0 Å². The molecule has 3 N–H and O–H groups in total. The fourth-order valence-electron chi connectivity index (χ4n) is 2.51. The highest BCUT2D eigenvalue weighted by Gasteiger charge is 2.12. The summed E-state index contributed by atoms with van der Waals surface area (Å²) in [7, 11) is 0. The van der Waals surface area contributed by atoms with Gasteiger partial charge in [0.25, 0.3) is 0 Å². The second kappa shape index (κ2) is 9.32. The number of benzene rings is 1. The summed E-state index contributed by atoms with van der Waals surface area (Å²) in [6, 6.07) is 7.26. The number of amides is 3. The highest BCUT2D eigenvalue weighted by molar-refractivity contribution is 7.99. The predicted octanol–water partition coefficient (Wildman–Crippen LogP) is 3.29. The van der Waals surface area contributed by atoms with E-state index >= 15 is 0 Å². The number of hydrogen-bond donors (Lipinski definition) is 2. The lowest BCUT2D eigenvalue weighted by atomic mass is 10.2. The van der Waals surface area contributed by atoms with E-state index in [0.29, 0.717) is 5.75 Å². The van der Waals surface area contributed by atoms with Crippen molar-refractivity contribution in [2.24, 2.45) is 5.73 Å². The number of primary amides is 1. The van der Waals surface area contributed by atoms with Gasteiger partial charge >= 0.3 is 6.03 Å². The molecule has 1 heterocycles. The molecule has 0 atom stereocenters. The van der Waals surface area contributed by atoms with E-state index in [1.165, 1.54) is 31.0 Å². The Hall–Kier alpha value is -2.02. The maximum atomic E-state index is 11.5. The Labute approximate surface area is 146 Å². The number of imidazole rings is 1. The van der Waals surface area contributed by atoms with Crippen molar-refractivity contribution < 1.29 is 9.59 Å². The molecular formula is C17H24N4O2S. The molecule has 2 aromatic rings. The van der Waals surface area contributed by atoms with Crippen LogP contribution < -0.4 is 11.1 Å². The highest BCUT2D eigenvalue weighted by Crippen LogP contribution is 2.25. The molecule has 1 aromatic carbocycles. The third-order valence-electron chi connectivity index (χ3n) is 3.68. The van der Waals surface area contributed by atoms with E-state index in [0.717, 1.165) is 29.2 Å². The van der Waals surface area contributed by atoms with Gasteiger partial charge in [0.2, 0.25) is 5.91 Å². The van der Waals surface area contributed by atoms with Gasteiger partial charge in [-0.3, -0.25) is 10.1 Å². The number of rotatable bonds is 9.